The molecule has 0 spiro atoms. The summed E-state index contributed by atoms with van der Waals surface area (Å²) >= 11 is 0. The van der Waals surface area contributed by atoms with E-state index in [0.29, 0.717) is 5.56 Å². The highest BCUT2D eigenvalue weighted by atomic mass is 16.4. The molecule has 22 heavy (non-hydrogen) atoms. The summed E-state index contributed by atoms with van der Waals surface area (Å²) < 4.78 is 0. The molecule has 0 aliphatic carbocycles. The molecule has 4 nitrogen and oxygen atoms in total. The van der Waals surface area contributed by atoms with Crippen LogP contribution in [-0.2, 0) is 9.59 Å². The number of benzene rings is 2. The Labute approximate surface area is 128 Å². The number of hydrogen-bond acceptors (Lipinski definition) is 2. The Hall–Kier alpha value is -3.14. The molecule has 2 aromatic carbocycles. The number of carbonyl (C=O) groups is 2. The first-order chi connectivity index (χ1) is 10.6. The van der Waals surface area contributed by atoms with Crippen molar-refractivity contribution in [3.8, 4) is 0 Å². The Morgan fingerprint density at radius 1 is 0.864 bits per heavy atom. The van der Waals surface area contributed by atoms with E-state index in [2.05, 4.69) is 5.32 Å². The normalized spacial score (nSPS) is 11.4. The lowest BCUT2D eigenvalue weighted by atomic mass is 10.2. The molecular formula is C18H15NO3. The molecule has 0 aromatic heterocycles. The van der Waals surface area contributed by atoms with Crippen LogP contribution in [-0.4, -0.2) is 17.0 Å². The van der Waals surface area contributed by atoms with Crippen LogP contribution < -0.4 is 5.32 Å². The highest BCUT2D eigenvalue weighted by molar-refractivity contribution is 6.01. The molecule has 2 N–H and O–H groups in total. The average Bonchev–Trinajstić information content (AvgIpc) is 2.54. The van der Waals surface area contributed by atoms with Crippen molar-refractivity contribution in [1.29, 1.82) is 0 Å². The number of nitrogens with one attached hydrogen (secondary N) is 1. The van der Waals surface area contributed by atoms with Gasteiger partial charge in [0.05, 0.1) is 0 Å². The maximum absolute atomic E-state index is 11.8. The largest absolute Gasteiger partial charge is 0.477 e. The quantitative estimate of drug-likeness (QED) is 0.833. The van der Waals surface area contributed by atoms with Crippen molar-refractivity contribution in [3.63, 3.8) is 0 Å². The van der Waals surface area contributed by atoms with Crippen LogP contribution in [0.25, 0.3) is 12.2 Å². The van der Waals surface area contributed by atoms with E-state index in [9.17, 15) is 9.59 Å². The molecule has 0 aliphatic heterocycles. The third-order valence-corrected chi connectivity index (χ3v) is 2.83. The van der Waals surface area contributed by atoms with E-state index >= 15 is 0 Å². The summed E-state index contributed by atoms with van der Waals surface area (Å²) in [5.74, 6) is -1.68. The van der Waals surface area contributed by atoms with Gasteiger partial charge >= 0.3 is 5.97 Å². The predicted octanol–water partition coefficient (Wildman–Crippen LogP) is 2.94. The smallest absolute Gasteiger partial charge is 0.352 e. The van der Waals surface area contributed by atoms with Crippen molar-refractivity contribution in [2.24, 2.45) is 0 Å². The Balaban J connectivity index is 2.08. The van der Waals surface area contributed by atoms with E-state index in [1.807, 2.05) is 36.4 Å². The monoisotopic (exact) mass is 293 g/mol. The highest BCUT2D eigenvalue weighted by Gasteiger charge is 2.09. The number of rotatable bonds is 5. The summed E-state index contributed by atoms with van der Waals surface area (Å²) in [6, 6.07) is 18.2. The van der Waals surface area contributed by atoms with Gasteiger partial charge in [0.25, 0.3) is 0 Å². The standard InChI is InChI=1S/C18H15NO3/c20-17(12-11-14-7-3-1-4-8-14)19-16(18(21)22)13-15-9-5-2-6-10-15/h1-13H,(H,19,20)(H,21,22). The van der Waals surface area contributed by atoms with E-state index in [4.69, 9.17) is 5.11 Å². The van der Waals surface area contributed by atoms with Crippen LogP contribution >= 0.6 is 0 Å². The van der Waals surface area contributed by atoms with Gasteiger partial charge in [0, 0.05) is 6.08 Å². The minimum Gasteiger partial charge on any atom is -0.477 e. The molecule has 4 heteroatoms. The summed E-state index contributed by atoms with van der Waals surface area (Å²) in [4.78, 5) is 23.0. The Morgan fingerprint density at radius 3 is 1.95 bits per heavy atom. The van der Waals surface area contributed by atoms with E-state index < -0.39 is 11.9 Å². The number of carbonyl (C=O) groups excluding carboxylic acids is 1. The minimum absolute atomic E-state index is 0.172. The Bertz CT molecular complexity index is 704. The molecule has 0 radical (unpaired) electrons. The molecule has 0 saturated heterocycles. The first-order valence-corrected chi connectivity index (χ1v) is 6.69. The molecule has 0 atom stereocenters. The van der Waals surface area contributed by atoms with Crippen LogP contribution in [0.4, 0.5) is 0 Å². The van der Waals surface area contributed by atoms with Gasteiger partial charge in [-0.05, 0) is 23.3 Å². The van der Waals surface area contributed by atoms with Gasteiger partial charge in [0.15, 0.2) is 0 Å². The molecule has 0 aliphatic rings. The van der Waals surface area contributed by atoms with Crippen LogP contribution in [0.15, 0.2) is 72.4 Å². The Morgan fingerprint density at radius 2 is 1.41 bits per heavy atom. The van der Waals surface area contributed by atoms with Crippen LogP contribution in [0, 0.1) is 0 Å². The van der Waals surface area contributed by atoms with Gasteiger partial charge in [0.1, 0.15) is 5.70 Å². The average molecular weight is 293 g/mol. The fourth-order valence-corrected chi connectivity index (χ4v) is 1.78. The second kappa shape index (κ2) is 7.59. The first-order valence-electron chi connectivity index (χ1n) is 6.69. The summed E-state index contributed by atoms with van der Waals surface area (Å²) in [5.41, 5.74) is 1.39. The molecule has 2 rings (SSSR count). The summed E-state index contributed by atoms with van der Waals surface area (Å²) in [6.45, 7) is 0. The summed E-state index contributed by atoms with van der Waals surface area (Å²) in [6.07, 6.45) is 4.34. The van der Waals surface area contributed by atoms with Crippen LogP contribution in [0.1, 0.15) is 11.1 Å². The predicted molar refractivity (Wildman–Crippen MR) is 85.7 cm³/mol. The lowest BCUT2D eigenvalue weighted by Crippen LogP contribution is -2.25. The van der Waals surface area contributed by atoms with Crippen LogP contribution in [0.3, 0.4) is 0 Å². The highest BCUT2D eigenvalue weighted by Crippen LogP contribution is 2.05. The van der Waals surface area contributed by atoms with Gasteiger partial charge in [-0.1, -0.05) is 60.7 Å². The van der Waals surface area contributed by atoms with Gasteiger partial charge in [-0.15, -0.1) is 0 Å². The lowest BCUT2D eigenvalue weighted by molar-refractivity contribution is -0.134. The van der Waals surface area contributed by atoms with E-state index in [1.165, 1.54) is 12.2 Å². The summed E-state index contributed by atoms with van der Waals surface area (Å²) in [5, 5.41) is 11.5. The third-order valence-electron chi connectivity index (χ3n) is 2.83. The van der Waals surface area contributed by atoms with Gasteiger partial charge < -0.3 is 10.4 Å². The second-order valence-electron chi connectivity index (χ2n) is 4.51. The molecule has 0 saturated carbocycles. The number of hydrogen-bond donors (Lipinski definition) is 2. The number of aliphatic carboxylic acids is 1. The van der Waals surface area contributed by atoms with Gasteiger partial charge in [-0.25, -0.2) is 4.79 Å². The number of carboxylic acids is 1. The summed E-state index contributed by atoms with van der Waals surface area (Å²) in [7, 11) is 0. The lowest BCUT2D eigenvalue weighted by Gasteiger charge is -2.03. The maximum Gasteiger partial charge on any atom is 0.352 e. The van der Waals surface area contributed by atoms with Gasteiger partial charge in [0.2, 0.25) is 5.91 Å². The minimum atomic E-state index is -1.19. The zero-order valence-electron chi connectivity index (χ0n) is 11.8. The topological polar surface area (TPSA) is 66.4 Å². The molecule has 0 heterocycles. The van der Waals surface area contributed by atoms with Crippen molar-refractivity contribution in [2.45, 2.75) is 0 Å². The van der Waals surface area contributed by atoms with E-state index in [1.54, 1.807) is 30.3 Å². The zero-order chi connectivity index (χ0) is 15.8. The molecule has 1 amide bonds. The third kappa shape index (κ3) is 4.76. The molecule has 110 valence electrons. The van der Waals surface area contributed by atoms with Gasteiger partial charge in [-0.3, -0.25) is 4.79 Å². The van der Waals surface area contributed by atoms with Crippen LogP contribution in [0.2, 0.25) is 0 Å². The van der Waals surface area contributed by atoms with Crippen molar-refractivity contribution in [3.05, 3.63) is 83.6 Å². The fraction of sp³-hybridized carbons (Fsp3) is 0. The fourth-order valence-electron chi connectivity index (χ4n) is 1.78. The van der Waals surface area contributed by atoms with E-state index in [0.717, 1.165) is 5.56 Å². The van der Waals surface area contributed by atoms with Crippen LogP contribution in [0.5, 0.6) is 0 Å². The first kappa shape index (κ1) is 15.3. The molecule has 2 aromatic rings. The Kier molecular flexibility index (Phi) is 5.26. The van der Waals surface area contributed by atoms with Gasteiger partial charge in [-0.2, -0.15) is 0 Å². The molecule has 0 fully saturated rings. The van der Waals surface area contributed by atoms with Crippen molar-refractivity contribution < 1.29 is 14.7 Å². The zero-order valence-corrected chi connectivity index (χ0v) is 11.8. The van der Waals surface area contributed by atoms with Crippen molar-refractivity contribution in [1.82, 2.24) is 5.32 Å². The molecule has 0 bridgehead atoms. The molecule has 0 unspecified atom stereocenters. The number of carboxylic acid groups (broad SMARTS) is 1. The maximum atomic E-state index is 11.8. The number of amides is 1. The molecular weight excluding hydrogens is 278 g/mol. The van der Waals surface area contributed by atoms with E-state index in [-0.39, 0.29) is 5.70 Å². The van der Waals surface area contributed by atoms with Crippen molar-refractivity contribution in [2.75, 3.05) is 0 Å². The SMILES string of the molecule is O=C(C=Cc1ccccc1)NC(=Cc1ccccc1)C(=O)O. The van der Waals surface area contributed by atoms with Crippen molar-refractivity contribution >= 4 is 24.0 Å². The second-order valence-corrected chi connectivity index (χ2v) is 4.51.